The second-order valence-corrected chi connectivity index (χ2v) is 8.89. The van der Waals surface area contributed by atoms with Crippen LogP contribution in [-0.4, -0.2) is 88.2 Å². The molecule has 1 aliphatic carbocycles. The Hall–Kier alpha value is -1.47. The van der Waals surface area contributed by atoms with Gasteiger partial charge in [0.05, 0.1) is 6.10 Å². The van der Waals surface area contributed by atoms with Crippen molar-refractivity contribution in [2.75, 3.05) is 46.3 Å². The highest BCUT2D eigenvalue weighted by Crippen LogP contribution is 2.39. The van der Waals surface area contributed by atoms with E-state index in [9.17, 15) is 5.11 Å². The molecular weight excluding hydrogens is 338 g/mol. The first kappa shape index (κ1) is 17.6. The standard InChI is InChI=1S/C21H31N5O/c1-24-4-6-26(7-5-24)20-8-15-12-25(13-16(15)9-21(20)27)14-17-10-23-19-2-3-22-11-18(17)19/h2-3,10-11,15-16,20-21,23,27H,4-9,12-14H2,1H3/t15-,16+,20-,21-/m1/s1. The second kappa shape index (κ2) is 7.17. The van der Waals surface area contributed by atoms with Gasteiger partial charge in [-0.3, -0.25) is 14.8 Å². The van der Waals surface area contributed by atoms with E-state index in [-0.39, 0.29) is 6.10 Å². The Morgan fingerprint density at radius 1 is 1.15 bits per heavy atom. The number of fused-ring (bicyclic) bond motifs is 2. The first-order valence-electron chi connectivity index (χ1n) is 10.4. The van der Waals surface area contributed by atoms with E-state index in [1.165, 1.54) is 16.5 Å². The lowest BCUT2D eigenvalue weighted by molar-refractivity contribution is -0.0249. The molecule has 6 heteroatoms. The second-order valence-electron chi connectivity index (χ2n) is 8.89. The third-order valence-corrected chi connectivity index (χ3v) is 7.15. The summed E-state index contributed by atoms with van der Waals surface area (Å²) in [6, 6.07) is 2.40. The van der Waals surface area contributed by atoms with Gasteiger partial charge >= 0.3 is 0 Å². The van der Waals surface area contributed by atoms with E-state index in [1.807, 2.05) is 18.5 Å². The highest BCUT2D eigenvalue weighted by Gasteiger charge is 2.43. The Bertz CT molecular complexity index is 784. The molecule has 4 heterocycles. The maximum absolute atomic E-state index is 10.8. The molecule has 146 valence electrons. The third kappa shape index (κ3) is 3.40. The van der Waals surface area contributed by atoms with E-state index in [2.05, 4.69) is 37.9 Å². The monoisotopic (exact) mass is 369 g/mol. The number of likely N-dealkylation sites (N-methyl/N-ethyl adjacent to an activating group) is 1. The number of piperazine rings is 1. The van der Waals surface area contributed by atoms with Crippen molar-refractivity contribution in [2.45, 2.75) is 31.5 Å². The molecule has 2 saturated heterocycles. The van der Waals surface area contributed by atoms with Crippen LogP contribution in [0.2, 0.25) is 0 Å². The van der Waals surface area contributed by atoms with Gasteiger partial charge in [0.2, 0.25) is 0 Å². The quantitative estimate of drug-likeness (QED) is 0.856. The number of aromatic nitrogens is 2. The van der Waals surface area contributed by atoms with E-state index in [0.29, 0.717) is 12.0 Å². The largest absolute Gasteiger partial charge is 0.391 e. The van der Waals surface area contributed by atoms with Crippen molar-refractivity contribution in [3.8, 4) is 0 Å². The third-order valence-electron chi connectivity index (χ3n) is 7.15. The van der Waals surface area contributed by atoms with Crippen LogP contribution in [0.15, 0.2) is 24.7 Å². The highest BCUT2D eigenvalue weighted by atomic mass is 16.3. The molecule has 0 unspecified atom stereocenters. The molecule has 0 bridgehead atoms. The Labute approximate surface area is 161 Å². The summed E-state index contributed by atoms with van der Waals surface area (Å²) in [6.45, 7) is 7.70. The SMILES string of the molecule is CN1CCN([C@@H]2C[C@@H]3CN(Cc4c[nH]c5ccncc45)C[C@@H]3C[C@H]2O)CC1. The summed E-state index contributed by atoms with van der Waals surface area (Å²) in [5.41, 5.74) is 2.51. The van der Waals surface area contributed by atoms with Gasteiger partial charge in [-0.05, 0) is 43.4 Å². The number of likely N-dealkylation sites (tertiary alicyclic amines) is 1. The van der Waals surface area contributed by atoms with Gasteiger partial charge in [-0.1, -0.05) is 0 Å². The molecule has 27 heavy (non-hydrogen) atoms. The summed E-state index contributed by atoms with van der Waals surface area (Å²) in [6.07, 6.45) is 7.90. The zero-order valence-electron chi connectivity index (χ0n) is 16.2. The van der Waals surface area contributed by atoms with Crippen molar-refractivity contribution in [1.82, 2.24) is 24.7 Å². The van der Waals surface area contributed by atoms with Crippen LogP contribution in [0.25, 0.3) is 10.9 Å². The molecule has 1 saturated carbocycles. The Morgan fingerprint density at radius 3 is 2.74 bits per heavy atom. The van der Waals surface area contributed by atoms with Crippen LogP contribution < -0.4 is 0 Å². The number of rotatable bonds is 3. The number of aliphatic hydroxyl groups is 1. The Morgan fingerprint density at radius 2 is 1.93 bits per heavy atom. The van der Waals surface area contributed by atoms with Crippen molar-refractivity contribution >= 4 is 10.9 Å². The van der Waals surface area contributed by atoms with Crippen molar-refractivity contribution < 1.29 is 5.11 Å². The predicted octanol–water partition coefficient (Wildman–Crippen LogP) is 1.38. The molecule has 2 N–H and O–H groups in total. The maximum atomic E-state index is 10.8. The Kier molecular flexibility index (Phi) is 4.68. The molecule has 0 radical (unpaired) electrons. The number of aliphatic hydroxyl groups excluding tert-OH is 1. The molecule has 3 aliphatic rings. The number of nitrogens with zero attached hydrogens (tertiary/aromatic N) is 4. The molecule has 0 aromatic carbocycles. The van der Waals surface area contributed by atoms with E-state index < -0.39 is 0 Å². The van der Waals surface area contributed by atoms with Crippen LogP contribution >= 0.6 is 0 Å². The molecule has 5 rings (SSSR count). The Balaban J connectivity index is 1.24. The van der Waals surface area contributed by atoms with Crippen molar-refractivity contribution in [3.05, 3.63) is 30.2 Å². The van der Waals surface area contributed by atoms with E-state index >= 15 is 0 Å². The van der Waals surface area contributed by atoms with E-state index in [0.717, 1.165) is 64.6 Å². The lowest BCUT2D eigenvalue weighted by atomic mass is 9.77. The topological polar surface area (TPSA) is 58.6 Å². The van der Waals surface area contributed by atoms with Crippen molar-refractivity contribution in [2.24, 2.45) is 11.8 Å². The fourth-order valence-corrected chi connectivity index (χ4v) is 5.57. The molecule has 6 nitrogen and oxygen atoms in total. The highest BCUT2D eigenvalue weighted by molar-refractivity contribution is 5.81. The van der Waals surface area contributed by atoms with Crippen LogP contribution in [0.3, 0.4) is 0 Å². The molecular formula is C21H31N5O. The minimum absolute atomic E-state index is 0.160. The zero-order valence-corrected chi connectivity index (χ0v) is 16.2. The summed E-state index contributed by atoms with van der Waals surface area (Å²) in [5, 5.41) is 12.1. The maximum Gasteiger partial charge on any atom is 0.0698 e. The predicted molar refractivity (Wildman–Crippen MR) is 106 cm³/mol. The fraction of sp³-hybridized carbons (Fsp3) is 0.667. The first-order valence-corrected chi connectivity index (χ1v) is 10.4. The molecule has 0 spiro atoms. The molecule has 2 aromatic heterocycles. The van der Waals surface area contributed by atoms with Crippen LogP contribution in [0.5, 0.6) is 0 Å². The number of aromatic amines is 1. The lowest BCUT2D eigenvalue weighted by Crippen LogP contribution is -2.55. The van der Waals surface area contributed by atoms with E-state index in [4.69, 9.17) is 0 Å². The minimum atomic E-state index is -0.160. The number of hydrogen-bond donors (Lipinski definition) is 2. The molecule has 2 aromatic rings. The van der Waals surface area contributed by atoms with Crippen LogP contribution in [0.1, 0.15) is 18.4 Å². The molecule has 3 fully saturated rings. The summed E-state index contributed by atoms with van der Waals surface area (Å²) in [5.74, 6) is 1.37. The van der Waals surface area contributed by atoms with Gasteiger partial charge in [-0.2, -0.15) is 0 Å². The molecule has 4 atom stereocenters. The fourth-order valence-electron chi connectivity index (χ4n) is 5.57. The van der Waals surface area contributed by atoms with E-state index in [1.54, 1.807) is 0 Å². The average molecular weight is 370 g/mol. The number of nitrogens with one attached hydrogen (secondary N) is 1. The van der Waals surface area contributed by atoms with Gasteiger partial charge in [0.15, 0.2) is 0 Å². The smallest absolute Gasteiger partial charge is 0.0698 e. The van der Waals surface area contributed by atoms with Crippen LogP contribution in [0, 0.1) is 11.8 Å². The van der Waals surface area contributed by atoms with Gasteiger partial charge in [0.1, 0.15) is 0 Å². The number of hydrogen-bond acceptors (Lipinski definition) is 5. The molecule has 0 amide bonds. The summed E-state index contributed by atoms with van der Waals surface area (Å²) >= 11 is 0. The van der Waals surface area contributed by atoms with Gasteiger partial charge < -0.3 is 15.0 Å². The summed E-state index contributed by atoms with van der Waals surface area (Å²) in [7, 11) is 2.19. The summed E-state index contributed by atoms with van der Waals surface area (Å²) in [4.78, 5) is 15.2. The molecule has 2 aliphatic heterocycles. The van der Waals surface area contributed by atoms with Gasteiger partial charge in [0, 0.05) is 81.3 Å². The van der Waals surface area contributed by atoms with Crippen LogP contribution in [-0.2, 0) is 6.54 Å². The zero-order chi connectivity index (χ0) is 18.4. The van der Waals surface area contributed by atoms with Gasteiger partial charge in [-0.25, -0.2) is 0 Å². The summed E-state index contributed by atoms with van der Waals surface area (Å²) < 4.78 is 0. The normalized spacial score (nSPS) is 33.6. The van der Waals surface area contributed by atoms with Crippen molar-refractivity contribution in [3.63, 3.8) is 0 Å². The van der Waals surface area contributed by atoms with Crippen molar-refractivity contribution in [1.29, 1.82) is 0 Å². The first-order chi connectivity index (χ1) is 13.2. The number of pyridine rings is 1. The van der Waals surface area contributed by atoms with Gasteiger partial charge in [-0.15, -0.1) is 0 Å². The van der Waals surface area contributed by atoms with Gasteiger partial charge in [0.25, 0.3) is 0 Å². The van der Waals surface area contributed by atoms with Crippen LogP contribution in [0.4, 0.5) is 0 Å². The number of H-pyrrole nitrogens is 1. The lowest BCUT2D eigenvalue weighted by Gasteiger charge is -2.44. The minimum Gasteiger partial charge on any atom is -0.391 e. The average Bonchev–Trinajstić information content (AvgIpc) is 3.26.